The Kier molecular flexibility index (Phi) is 7.25. The van der Waals surface area contributed by atoms with Crippen LogP contribution in [0.3, 0.4) is 0 Å². The molecule has 0 saturated heterocycles. The Labute approximate surface area is 96.8 Å². The van der Waals surface area contributed by atoms with Crippen LogP contribution < -0.4 is 5.73 Å². The maximum atomic E-state index is 11.7. The van der Waals surface area contributed by atoms with Crippen molar-refractivity contribution in [1.29, 1.82) is 0 Å². The van der Waals surface area contributed by atoms with Gasteiger partial charge in [0.1, 0.15) is 0 Å². The van der Waals surface area contributed by atoms with Gasteiger partial charge in [0.2, 0.25) is 5.91 Å². The Hall–Kier alpha value is -0.680. The van der Waals surface area contributed by atoms with Gasteiger partial charge in [-0.3, -0.25) is 4.79 Å². The summed E-state index contributed by atoms with van der Waals surface area (Å²) in [4.78, 5) is 13.9. The Morgan fingerprint density at radius 1 is 1.60 bits per heavy atom. The Morgan fingerprint density at radius 3 is 2.60 bits per heavy atom. The second kappa shape index (κ2) is 7.59. The average Bonchev–Trinajstić information content (AvgIpc) is 2.21. The summed E-state index contributed by atoms with van der Waals surface area (Å²) in [6, 6.07) is 0. The summed E-state index contributed by atoms with van der Waals surface area (Å²) in [5.41, 5.74) is 5.51. The van der Waals surface area contributed by atoms with Crippen LogP contribution in [0.2, 0.25) is 0 Å². The minimum Gasteiger partial charge on any atom is -0.393 e. The van der Waals surface area contributed by atoms with Gasteiger partial charge in [-0.15, -0.1) is 0 Å². The van der Waals surface area contributed by atoms with E-state index < -0.39 is 0 Å². The number of hydrogen-bond donors (Lipinski definition) is 1. The van der Waals surface area contributed by atoms with E-state index in [9.17, 15) is 4.79 Å². The van der Waals surface area contributed by atoms with Crippen molar-refractivity contribution in [3.05, 3.63) is 0 Å². The lowest BCUT2D eigenvalue weighted by molar-refractivity contribution is -0.132. The Bertz CT molecular complexity index is 221. The van der Waals surface area contributed by atoms with E-state index in [4.69, 9.17) is 22.7 Å². The lowest BCUT2D eigenvalue weighted by Gasteiger charge is -2.24. The lowest BCUT2D eigenvalue weighted by atomic mass is 10.1. The highest BCUT2D eigenvalue weighted by atomic mass is 32.1. The van der Waals surface area contributed by atoms with Crippen LogP contribution in [0, 0.1) is 5.92 Å². The number of amides is 1. The van der Waals surface area contributed by atoms with Gasteiger partial charge in [0.25, 0.3) is 0 Å². The van der Waals surface area contributed by atoms with Crippen LogP contribution in [0.25, 0.3) is 0 Å². The Morgan fingerprint density at radius 2 is 2.20 bits per heavy atom. The second-order valence-corrected chi connectivity index (χ2v) is 3.95. The molecule has 0 aromatic rings. The van der Waals surface area contributed by atoms with E-state index in [1.165, 1.54) is 0 Å². The molecule has 0 fully saturated rings. The van der Waals surface area contributed by atoms with Gasteiger partial charge in [-0.05, 0) is 6.92 Å². The van der Waals surface area contributed by atoms with Crippen molar-refractivity contribution in [3.8, 4) is 0 Å². The summed E-state index contributed by atoms with van der Waals surface area (Å²) in [7, 11) is 1.58. The molecule has 15 heavy (non-hydrogen) atoms. The van der Waals surface area contributed by atoms with E-state index in [0.717, 1.165) is 0 Å². The quantitative estimate of drug-likeness (QED) is 0.660. The van der Waals surface area contributed by atoms with Crippen LogP contribution in [0.15, 0.2) is 0 Å². The third-order valence-corrected chi connectivity index (χ3v) is 2.64. The van der Waals surface area contributed by atoms with E-state index in [0.29, 0.717) is 31.1 Å². The van der Waals surface area contributed by atoms with E-state index in [-0.39, 0.29) is 11.8 Å². The molecule has 0 heterocycles. The zero-order valence-electron chi connectivity index (χ0n) is 9.66. The number of carbonyl (C=O) groups excluding carboxylic acids is 1. The molecule has 1 amide bonds. The molecule has 0 saturated carbocycles. The summed E-state index contributed by atoms with van der Waals surface area (Å²) in [6.45, 7) is 5.59. The van der Waals surface area contributed by atoms with Gasteiger partial charge in [-0.25, -0.2) is 0 Å². The van der Waals surface area contributed by atoms with Crippen LogP contribution in [-0.4, -0.2) is 42.6 Å². The van der Waals surface area contributed by atoms with Gasteiger partial charge >= 0.3 is 0 Å². The zero-order chi connectivity index (χ0) is 11.8. The molecule has 1 unspecified atom stereocenters. The van der Waals surface area contributed by atoms with Crippen LogP contribution in [0.1, 0.15) is 20.3 Å². The van der Waals surface area contributed by atoms with Crippen LogP contribution >= 0.6 is 12.2 Å². The number of methoxy groups -OCH3 is 1. The number of nitrogens with zero attached hydrogens (tertiary/aromatic N) is 1. The van der Waals surface area contributed by atoms with Crippen LogP contribution in [0.5, 0.6) is 0 Å². The van der Waals surface area contributed by atoms with Crippen molar-refractivity contribution >= 4 is 23.1 Å². The summed E-state index contributed by atoms with van der Waals surface area (Å²) in [6.07, 6.45) is 0.411. The molecule has 0 aliphatic heterocycles. The first kappa shape index (κ1) is 14.3. The van der Waals surface area contributed by atoms with E-state index >= 15 is 0 Å². The van der Waals surface area contributed by atoms with Crippen molar-refractivity contribution in [3.63, 3.8) is 0 Å². The molecule has 2 N–H and O–H groups in total. The number of nitrogens with two attached hydrogens (primary N) is 1. The first-order chi connectivity index (χ1) is 7.02. The Balaban J connectivity index is 4.11. The molecule has 88 valence electrons. The van der Waals surface area contributed by atoms with Crippen molar-refractivity contribution in [2.75, 3.05) is 26.8 Å². The molecule has 0 rings (SSSR count). The minimum atomic E-state index is 0.0615. The molecule has 0 aromatic heterocycles. The molecule has 0 aliphatic carbocycles. The molecular weight excluding hydrogens is 212 g/mol. The second-order valence-electron chi connectivity index (χ2n) is 3.48. The van der Waals surface area contributed by atoms with Crippen molar-refractivity contribution in [1.82, 2.24) is 4.90 Å². The molecule has 4 nitrogen and oxygen atoms in total. The molecule has 0 aliphatic rings. The first-order valence-corrected chi connectivity index (χ1v) is 5.49. The maximum absolute atomic E-state index is 11.7. The standard InChI is InChI=1S/C10H20N2O2S/c1-4-12(7-8(2)10(11)15)9(13)5-6-14-3/h8H,4-7H2,1-3H3,(H2,11,15). The summed E-state index contributed by atoms with van der Waals surface area (Å²) < 4.78 is 4.86. The molecular formula is C10H20N2O2S. The van der Waals surface area contributed by atoms with Crippen molar-refractivity contribution in [2.24, 2.45) is 11.7 Å². The highest BCUT2D eigenvalue weighted by Crippen LogP contribution is 2.02. The van der Waals surface area contributed by atoms with Gasteiger partial charge in [-0.2, -0.15) is 0 Å². The third kappa shape index (κ3) is 5.69. The van der Waals surface area contributed by atoms with Crippen LogP contribution in [-0.2, 0) is 9.53 Å². The molecule has 1 atom stereocenters. The van der Waals surface area contributed by atoms with Crippen molar-refractivity contribution < 1.29 is 9.53 Å². The smallest absolute Gasteiger partial charge is 0.224 e. The number of rotatable bonds is 7. The fourth-order valence-corrected chi connectivity index (χ4v) is 1.25. The number of hydrogen-bond acceptors (Lipinski definition) is 3. The topological polar surface area (TPSA) is 55.6 Å². The summed E-state index contributed by atoms with van der Waals surface area (Å²) in [5.74, 6) is 0.147. The number of ether oxygens (including phenoxy) is 1. The number of thiocarbonyl (C=S) groups is 1. The molecule has 0 bridgehead atoms. The van der Waals surface area contributed by atoms with E-state index in [1.54, 1.807) is 12.0 Å². The largest absolute Gasteiger partial charge is 0.393 e. The van der Waals surface area contributed by atoms with Gasteiger partial charge in [0.05, 0.1) is 18.0 Å². The van der Waals surface area contributed by atoms with Gasteiger partial charge in [-0.1, -0.05) is 19.1 Å². The van der Waals surface area contributed by atoms with Gasteiger partial charge in [0, 0.05) is 26.1 Å². The third-order valence-electron chi connectivity index (χ3n) is 2.23. The fraction of sp³-hybridized carbons (Fsp3) is 0.800. The summed E-state index contributed by atoms with van der Waals surface area (Å²) in [5, 5.41) is 0. The zero-order valence-corrected chi connectivity index (χ0v) is 10.5. The van der Waals surface area contributed by atoms with Crippen LogP contribution in [0.4, 0.5) is 0 Å². The first-order valence-electron chi connectivity index (χ1n) is 5.08. The van der Waals surface area contributed by atoms with Gasteiger partial charge in [0.15, 0.2) is 0 Å². The summed E-state index contributed by atoms with van der Waals surface area (Å²) >= 11 is 4.87. The number of carbonyl (C=O) groups is 1. The highest BCUT2D eigenvalue weighted by molar-refractivity contribution is 7.80. The molecule has 0 spiro atoms. The molecule has 0 radical (unpaired) electrons. The monoisotopic (exact) mass is 232 g/mol. The highest BCUT2D eigenvalue weighted by Gasteiger charge is 2.15. The lowest BCUT2D eigenvalue weighted by Crippen LogP contribution is -2.38. The predicted octanol–water partition coefficient (Wildman–Crippen LogP) is 0.794. The normalized spacial score (nSPS) is 12.2. The average molecular weight is 232 g/mol. The molecule has 5 heteroatoms. The van der Waals surface area contributed by atoms with Gasteiger partial charge < -0.3 is 15.4 Å². The predicted molar refractivity (Wildman–Crippen MR) is 64.7 cm³/mol. The fourth-order valence-electron chi connectivity index (χ4n) is 1.18. The van der Waals surface area contributed by atoms with E-state index in [1.807, 2.05) is 13.8 Å². The van der Waals surface area contributed by atoms with E-state index in [2.05, 4.69) is 0 Å². The SMILES string of the molecule is CCN(CC(C)C(N)=S)C(=O)CCOC. The van der Waals surface area contributed by atoms with Crippen molar-refractivity contribution in [2.45, 2.75) is 20.3 Å². The minimum absolute atomic E-state index is 0.0615. The maximum Gasteiger partial charge on any atom is 0.224 e. The molecule has 0 aromatic carbocycles.